The van der Waals surface area contributed by atoms with Crippen LogP contribution in [0, 0.1) is 0 Å². The molecule has 0 fully saturated rings. The molecule has 0 amide bonds. The highest BCUT2D eigenvalue weighted by molar-refractivity contribution is 6.70. The fourth-order valence-electron chi connectivity index (χ4n) is 1.35. The van der Waals surface area contributed by atoms with Gasteiger partial charge in [0, 0.05) is 23.3 Å². The third-order valence-electron chi connectivity index (χ3n) is 1.99. The average Bonchev–Trinajstić information content (AvgIpc) is 2.27. The van der Waals surface area contributed by atoms with Gasteiger partial charge in [-0.2, -0.15) is 0 Å². The number of hydrogen-bond donors (Lipinski definition) is 1. The van der Waals surface area contributed by atoms with Crippen LogP contribution in [0.4, 0.5) is 0 Å². The second kappa shape index (κ2) is 3.64. The molecule has 2 rings (SSSR count). The number of halogens is 1. The lowest BCUT2D eigenvalue weighted by molar-refractivity contribution is 0.321. The number of benzene rings is 1. The molecular formula is C10H7ClN2O. The van der Waals surface area contributed by atoms with Crippen molar-refractivity contribution in [3.63, 3.8) is 0 Å². The molecule has 0 atom stereocenters. The third-order valence-corrected chi connectivity index (χ3v) is 2.27. The van der Waals surface area contributed by atoms with Gasteiger partial charge < -0.3 is 5.21 Å². The summed E-state index contributed by atoms with van der Waals surface area (Å²) in [4.78, 5) is 3.99. The van der Waals surface area contributed by atoms with Crippen LogP contribution in [0.15, 0.2) is 41.8 Å². The number of oxime groups is 1. The van der Waals surface area contributed by atoms with Crippen LogP contribution in [0.1, 0.15) is 5.56 Å². The highest BCUT2D eigenvalue weighted by Gasteiger charge is 2.05. The largest absolute Gasteiger partial charge is 0.410 e. The van der Waals surface area contributed by atoms with E-state index in [2.05, 4.69) is 10.1 Å². The zero-order chi connectivity index (χ0) is 9.97. The molecule has 2 aromatic rings. The number of rotatable bonds is 1. The summed E-state index contributed by atoms with van der Waals surface area (Å²) >= 11 is 5.74. The summed E-state index contributed by atoms with van der Waals surface area (Å²) in [6, 6.07) is 7.46. The van der Waals surface area contributed by atoms with Gasteiger partial charge in [-0.25, -0.2) is 0 Å². The van der Waals surface area contributed by atoms with E-state index in [1.54, 1.807) is 18.5 Å². The van der Waals surface area contributed by atoms with Gasteiger partial charge >= 0.3 is 0 Å². The van der Waals surface area contributed by atoms with Gasteiger partial charge in [0.25, 0.3) is 0 Å². The van der Waals surface area contributed by atoms with Crippen molar-refractivity contribution < 1.29 is 5.21 Å². The standard InChI is InChI=1S/C10H7ClN2O/c11-10(13-14)8-3-1-2-7-4-5-12-6-9(7)8/h1-6,14H/b13-10-. The van der Waals surface area contributed by atoms with Gasteiger partial charge in [0.05, 0.1) is 0 Å². The first-order valence-electron chi connectivity index (χ1n) is 4.03. The Bertz CT molecular complexity index is 491. The van der Waals surface area contributed by atoms with E-state index in [-0.39, 0.29) is 5.17 Å². The first-order valence-corrected chi connectivity index (χ1v) is 4.41. The van der Waals surface area contributed by atoms with E-state index in [1.807, 2.05) is 18.2 Å². The van der Waals surface area contributed by atoms with Gasteiger partial charge in [-0.1, -0.05) is 35.0 Å². The number of aromatic nitrogens is 1. The molecule has 1 N–H and O–H groups in total. The Morgan fingerprint density at radius 3 is 3.00 bits per heavy atom. The van der Waals surface area contributed by atoms with Crippen LogP contribution in [0.3, 0.4) is 0 Å². The second-order valence-corrected chi connectivity index (χ2v) is 3.15. The molecule has 1 heterocycles. The minimum atomic E-state index is 0.0728. The molecule has 0 saturated heterocycles. The SMILES string of the molecule is O/N=C(\Cl)c1cccc2ccncc12. The summed E-state index contributed by atoms with van der Waals surface area (Å²) in [5.74, 6) is 0. The van der Waals surface area contributed by atoms with E-state index in [4.69, 9.17) is 16.8 Å². The maximum atomic E-state index is 8.58. The van der Waals surface area contributed by atoms with Crippen molar-refractivity contribution in [3.8, 4) is 0 Å². The fraction of sp³-hybridized carbons (Fsp3) is 0. The summed E-state index contributed by atoms with van der Waals surface area (Å²) in [5, 5.41) is 13.5. The molecule has 1 aromatic carbocycles. The monoisotopic (exact) mass is 206 g/mol. The molecule has 70 valence electrons. The highest BCUT2D eigenvalue weighted by atomic mass is 35.5. The van der Waals surface area contributed by atoms with Crippen LogP contribution < -0.4 is 0 Å². The van der Waals surface area contributed by atoms with E-state index in [0.29, 0.717) is 5.56 Å². The van der Waals surface area contributed by atoms with Crippen molar-refractivity contribution in [1.82, 2.24) is 4.98 Å². The molecule has 0 spiro atoms. The number of nitrogens with zero attached hydrogens (tertiary/aromatic N) is 2. The summed E-state index contributed by atoms with van der Waals surface area (Å²) < 4.78 is 0. The van der Waals surface area contributed by atoms with Gasteiger partial charge in [0.2, 0.25) is 0 Å². The van der Waals surface area contributed by atoms with Crippen LogP contribution in [0.2, 0.25) is 0 Å². The van der Waals surface area contributed by atoms with Crippen molar-refractivity contribution >= 4 is 27.5 Å². The van der Waals surface area contributed by atoms with Crippen LogP contribution in [-0.2, 0) is 0 Å². The van der Waals surface area contributed by atoms with Gasteiger partial charge in [-0.15, -0.1) is 0 Å². The number of pyridine rings is 1. The predicted molar refractivity (Wildman–Crippen MR) is 55.9 cm³/mol. The molecule has 0 bridgehead atoms. The molecular weight excluding hydrogens is 200 g/mol. The van der Waals surface area contributed by atoms with E-state index >= 15 is 0 Å². The molecule has 3 nitrogen and oxygen atoms in total. The highest BCUT2D eigenvalue weighted by Crippen LogP contribution is 2.19. The Labute approximate surface area is 85.6 Å². The first kappa shape index (κ1) is 8.97. The van der Waals surface area contributed by atoms with Crippen LogP contribution >= 0.6 is 11.6 Å². The van der Waals surface area contributed by atoms with Crippen LogP contribution in [0.5, 0.6) is 0 Å². The lowest BCUT2D eigenvalue weighted by Crippen LogP contribution is -1.92. The summed E-state index contributed by atoms with van der Waals surface area (Å²) in [7, 11) is 0. The third kappa shape index (κ3) is 1.42. The minimum absolute atomic E-state index is 0.0728. The van der Waals surface area contributed by atoms with E-state index < -0.39 is 0 Å². The van der Waals surface area contributed by atoms with Crippen molar-refractivity contribution in [2.75, 3.05) is 0 Å². The molecule has 14 heavy (non-hydrogen) atoms. The van der Waals surface area contributed by atoms with Gasteiger partial charge in [-0.3, -0.25) is 4.98 Å². The van der Waals surface area contributed by atoms with Crippen molar-refractivity contribution in [1.29, 1.82) is 0 Å². The molecule has 0 unspecified atom stereocenters. The summed E-state index contributed by atoms with van der Waals surface area (Å²) in [6.45, 7) is 0. The van der Waals surface area contributed by atoms with Gasteiger partial charge in [0.15, 0.2) is 5.17 Å². The maximum Gasteiger partial charge on any atom is 0.176 e. The second-order valence-electron chi connectivity index (χ2n) is 2.79. The van der Waals surface area contributed by atoms with Crippen LogP contribution in [0.25, 0.3) is 10.8 Å². The average molecular weight is 207 g/mol. The first-order chi connectivity index (χ1) is 6.83. The molecule has 0 saturated carbocycles. The van der Waals surface area contributed by atoms with E-state index in [9.17, 15) is 0 Å². The Kier molecular flexibility index (Phi) is 2.33. The molecule has 0 radical (unpaired) electrons. The molecule has 0 aliphatic carbocycles. The summed E-state index contributed by atoms with van der Waals surface area (Å²) in [6.07, 6.45) is 3.40. The quantitative estimate of drug-likeness (QED) is 0.443. The lowest BCUT2D eigenvalue weighted by atomic mass is 10.1. The zero-order valence-electron chi connectivity index (χ0n) is 7.18. The number of hydrogen-bond acceptors (Lipinski definition) is 3. The van der Waals surface area contributed by atoms with Gasteiger partial charge in [0.1, 0.15) is 0 Å². The van der Waals surface area contributed by atoms with Crippen LogP contribution in [-0.4, -0.2) is 15.4 Å². The molecule has 4 heteroatoms. The fourth-order valence-corrected chi connectivity index (χ4v) is 1.51. The maximum absolute atomic E-state index is 8.58. The Hall–Kier alpha value is -1.61. The predicted octanol–water partition coefficient (Wildman–Crippen LogP) is 2.61. The van der Waals surface area contributed by atoms with Crippen molar-refractivity contribution in [2.45, 2.75) is 0 Å². The minimum Gasteiger partial charge on any atom is -0.410 e. The van der Waals surface area contributed by atoms with E-state index in [0.717, 1.165) is 10.8 Å². The summed E-state index contributed by atoms with van der Waals surface area (Å²) in [5.41, 5.74) is 0.680. The van der Waals surface area contributed by atoms with Gasteiger partial charge in [-0.05, 0) is 11.5 Å². The molecule has 0 aliphatic heterocycles. The van der Waals surface area contributed by atoms with Crippen molar-refractivity contribution in [3.05, 3.63) is 42.2 Å². The molecule has 1 aromatic heterocycles. The molecule has 0 aliphatic rings. The Morgan fingerprint density at radius 1 is 1.36 bits per heavy atom. The lowest BCUT2D eigenvalue weighted by Gasteiger charge is -2.01. The Morgan fingerprint density at radius 2 is 2.21 bits per heavy atom. The smallest absolute Gasteiger partial charge is 0.176 e. The normalized spacial score (nSPS) is 11.9. The Balaban J connectivity index is 2.77. The zero-order valence-corrected chi connectivity index (χ0v) is 7.94. The number of fused-ring (bicyclic) bond motifs is 1. The van der Waals surface area contributed by atoms with E-state index in [1.165, 1.54) is 0 Å². The van der Waals surface area contributed by atoms with Crippen molar-refractivity contribution in [2.24, 2.45) is 5.16 Å². The topological polar surface area (TPSA) is 45.5 Å².